The van der Waals surface area contributed by atoms with Crippen LogP contribution in [0.2, 0.25) is 0 Å². The quantitative estimate of drug-likeness (QED) is 0.823. The zero-order valence-electron chi connectivity index (χ0n) is 13.4. The molecule has 0 unspecified atom stereocenters. The molecule has 3 rings (SSSR count). The van der Waals surface area contributed by atoms with Crippen molar-refractivity contribution in [2.75, 3.05) is 18.5 Å². The Morgan fingerprint density at radius 2 is 2.00 bits per heavy atom. The van der Waals surface area contributed by atoms with Crippen LogP contribution in [0.5, 0.6) is 0 Å². The van der Waals surface area contributed by atoms with Gasteiger partial charge in [0.1, 0.15) is 0 Å². The van der Waals surface area contributed by atoms with Crippen molar-refractivity contribution in [3.63, 3.8) is 0 Å². The number of hydrogen-bond donors (Lipinski definition) is 1. The monoisotopic (exact) mass is 314 g/mol. The summed E-state index contributed by atoms with van der Waals surface area (Å²) in [6.07, 6.45) is 4.20. The van der Waals surface area contributed by atoms with Crippen LogP contribution in [0.3, 0.4) is 0 Å². The standard InChI is InChI=1S/C16H22N6O/c1-21(10-13-3-2-4-13)16-18-19-20-22(16)11-14-7-5-12(6-8-14)9-15(17)23/h5-8,13H,2-4,9-11H2,1H3,(H2,17,23). The summed E-state index contributed by atoms with van der Waals surface area (Å²) >= 11 is 0. The van der Waals surface area contributed by atoms with Crippen molar-refractivity contribution in [3.05, 3.63) is 35.4 Å². The molecule has 0 spiro atoms. The Morgan fingerprint density at radius 1 is 1.30 bits per heavy atom. The summed E-state index contributed by atoms with van der Waals surface area (Å²) in [6.45, 7) is 1.60. The van der Waals surface area contributed by atoms with Gasteiger partial charge in [0.15, 0.2) is 0 Å². The maximum atomic E-state index is 10.9. The second-order valence-electron chi connectivity index (χ2n) is 6.27. The van der Waals surface area contributed by atoms with Gasteiger partial charge in [-0.3, -0.25) is 4.79 Å². The average molecular weight is 314 g/mol. The molecule has 1 fully saturated rings. The van der Waals surface area contributed by atoms with Crippen molar-refractivity contribution in [3.8, 4) is 0 Å². The Morgan fingerprint density at radius 3 is 2.61 bits per heavy atom. The average Bonchev–Trinajstić information content (AvgIpc) is 2.92. The van der Waals surface area contributed by atoms with E-state index in [-0.39, 0.29) is 12.3 Å². The number of nitrogens with zero attached hydrogens (tertiary/aromatic N) is 5. The van der Waals surface area contributed by atoms with E-state index in [0.29, 0.717) is 6.54 Å². The number of nitrogens with two attached hydrogens (primary N) is 1. The lowest BCUT2D eigenvalue weighted by atomic mass is 9.85. The first-order chi connectivity index (χ1) is 11.1. The van der Waals surface area contributed by atoms with Crippen LogP contribution in [-0.2, 0) is 17.8 Å². The van der Waals surface area contributed by atoms with Crippen LogP contribution in [0.25, 0.3) is 0 Å². The molecule has 0 bridgehead atoms. The smallest absolute Gasteiger partial charge is 0.245 e. The van der Waals surface area contributed by atoms with Gasteiger partial charge in [0, 0.05) is 13.6 Å². The number of anilines is 1. The molecule has 1 aromatic heterocycles. The molecule has 0 atom stereocenters. The van der Waals surface area contributed by atoms with Crippen LogP contribution in [0.1, 0.15) is 30.4 Å². The second kappa shape index (κ2) is 6.76. The van der Waals surface area contributed by atoms with Crippen molar-refractivity contribution >= 4 is 11.9 Å². The molecule has 122 valence electrons. The fourth-order valence-electron chi connectivity index (χ4n) is 2.86. The zero-order valence-corrected chi connectivity index (χ0v) is 13.4. The van der Waals surface area contributed by atoms with Crippen molar-refractivity contribution < 1.29 is 4.79 Å². The Bertz CT molecular complexity index is 661. The first-order valence-electron chi connectivity index (χ1n) is 7.95. The summed E-state index contributed by atoms with van der Waals surface area (Å²) in [7, 11) is 2.04. The van der Waals surface area contributed by atoms with Gasteiger partial charge in [-0.1, -0.05) is 35.8 Å². The molecule has 1 amide bonds. The van der Waals surface area contributed by atoms with E-state index in [1.54, 1.807) is 0 Å². The molecule has 7 heteroatoms. The van der Waals surface area contributed by atoms with E-state index in [0.717, 1.165) is 29.5 Å². The number of aromatic nitrogens is 4. The summed E-state index contributed by atoms with van der Waals surface area (Å²) in [6, 6.07) is 7.80. The third-order valence-corrected chi connectivity index (χ3v) is 4.34. The molecule has 7 nitrogen and oxygen atoms in total. The Balaban J connectivity index is 1.65. The minimum absolute atomic E-state index is 0.264. The largest absolute Gasteiger partial charge is 0.369 e. The van der Waals surface area contributed by atoms with Gasteiger partial charge >= 0.3 is 0 Å². The van der Waals surface area contributed by atoms with E-state index in [9.17, 15) is 4.79 Å². The molecule has 0 saturated heterocycles. The SMILES string of the molecule is CN(CC1CCC1)c1nnnn1Cc1ccc(CC(N)=O)cc1. The minimum Gasteiger partial charge on any atom is -0.369 e. The van der Waals surface area contributed by atoms with E-state index in [1.165, 1.54) is 19.3 Å². The zero-order chi connectivity index (χ0) is 16.2. The number of primary amides is 1. The summed E-state index contributed by atoms with van der Waals surface area (Å²) in [5, 5.41) is 12.0. The minimum atomic E-state index is -0.321. The summed E-state index contributed by atoms with van der Waals surface area (Å²) in [5.74, 6) is 1.23. The maximum Gasteiger partial charge on any atom is 0.245 e. The lowest BCUT2D eigenvalue weighted by Crippen LogP contribution is -2.31. The molecule has 0 radical (unpaired) electrons. The number of carbonyl (C=O) groups excluding carboxylic acids is 1. The highest BCUT2D eigenvalue weighted by molar-refractivity contribution is 5.76. The van der Waals surface area contributed by atoms with Crippen LogP contribution >= 0.6 is 0 Å². The highest BCUT2D eigenvalue weighted by Gasteiger charge is 2.21. The van der Waals surface area contributed by atoms with E-state index in [4.69, 9.17) is 5.73 Å². The van der Waals surface area contributed by atoms with Crippen LogP contribution in [0.15, 0.2) is 24.3 Å². The van der Waals surface area contributed by atoms with Crippen LogP contribution in [-0.4, -0.2) is 39.7 Å². The Kier molecular flexibility index (Phi) is 4.55. The second-order valence-corrected chi connectivity index (χ2v) is 6.27. The fourth-order valence-corrected chi connectivity index (χ4v) is 2.86. The van der Waals surface area contributed by atoms with Crippen molar-refractivity contribution in [2.45, 2.75) is 32.2 Å². The number of tetrazole rings is 1. The van der Waals surface area contributed by atoms with Crippen LogP contribution in [0.4, 0.5) is 5.95 Å². The molecular weight excluding hydrogens is 292 g/mol. The lowest BCUT2D eigenvalue weighted by molar-refractivity contribution is -0.117. The normalized spacial score (nSPS) is 14.5. The van der Waals surface area contributed by atoms with Gasteiger partial charge in [-0.15, -0.1) is 0 Å². The third-order valence-electron chi connectivity index (χ3n) is 4.34. The molecule has 2 N–H and O–H groups in total. The first-order valence-corrected chi connectivity index (χ1v) is 7.95. The summed E-state index contributed by atoms with van der Waals surface area (Å²) in [5.41, 5.74) is 7.21. The number of carbonyl (C=O) groups is 1. The van der Waals surface area contributed by atoms with Gasteiger partial charge in [-0.05, 0) is 40.3 Å². The Labute approximate surface area is 135 Å². The van der Waals surface area contributed by atoms with Crippen LogP contribution < -0.4 is 10.6 Å². The van der Waals surface area contributed by atoms with E-state index < -0.39 is 0 Å². The first kappa shape index (κ1) is 15.5. The number of amides is 1. The molecule has 1 aromatic carbocycles. The highest BCUT2D eigenvalue weighted by Crippen LogP contribution is 2.27. The predicted molar refractivity (Wildman–Crippen MR) is 86.9 cm³/mol. The van der Waals surface area contributed by atoms with E-state index in [1.807, 2.05) is 36.0 Å². The van der Waals surface area contributed by atoms with E-state index >= 15 is 0 Å². The van der Waals surface area contributed by atoms with Crippen molar-refractivity contribution in [1.29, 1.82) is 0 Å². The molecule has 1 saturated carbocycles. The number of benzene rings is 1. The Hall–Kier alpha value is -2.44. The molecule has 1 aliphatic rings. The molecule has 1 heterocycles. The van der Waals surface area contributed by atoms with Crippen LogP contribution in [0, 0.1) is 5.92 Å². The van der Waals surface area contributed by atoms with Gasteiger partial charge in [-0.25, -0.2) is 4.68 Å². The third kappa shape index (κ3) is 3.85. The maximum absolute atomic E-state index is 10.9. The van der Waals surface area contributed by atoms with Crippen molar-refractivity contribution in [2.24, 2.45) is 11.7 Å². The lowest BCUT2D eigenvalue weighted by Gasteiger charge is -2.30. The van der Waals surface area contributed by atoms with Gasteiger partial charge < -0.3 is 10.6 Å². The van der Waals surface area contributed by atoms with Gasteiger partial charge in [0.2, 0.25) is 11.9 Å². The van der Waals surface area contributed by atoms with Gasteiger partial charge in [0.25, 0.3) is 0 Å². The van der Waals surface area contributed by atoms with E-state index in [2.05, 4.69) is 20.4 Å². The molecule has 2 aromatic rings. The molecule has 0 aliphatic heterocycles. The highest BCUT2D eigenvalue weighted by atomic mass is 16.1. The number of hydrogen-bond acceptors (Lipinski definition) is 5. The summed E-state index contributed by atoms with van der Waals surface area (Å²) < 4.78 is 1.81. The molecule has 23 heavy (non-hydrogen) atoms. The molecular formula is C16H22N6O. The fraction of sp³-hybridized carbons (Fsp3) is 0.500. The van der Waals surface area contributed by atoms with Crippen molar-refractivity contribution in [1.82, 2.24) is 20.2 Å². The van der Waals surface area contributed by atoms with Gasteiger partial charge in [-0.2, -0.15) is 0 Å². The molecule has 1 aliphatic carbocycles. The number of rotatable bonds is 7. The summed E-state index contributed by atoms with van der Waals surface area (Å²) in [4.78, 5) is 13.1. The predicted octanol–water partition coefficient (Wildman–Crippen LogP) is 0.985. The van der Waals surface area contributed by atoms with Gasteiger partial charge in [0.05, 0.1) is 13.0 Å². The topological polar surface area (TPSA) is 89.9 Å².